The standard InChI is InChI=1S/C14H21N3O3/c1-4-20-14(19)11-5-7-17(8-6-11)13(18)12-9-10(2)15-16(12)3/h9,11H,4-8H2,1-3H3. The molecule has 0 saturated carbocycles. The van der Waals surface area contributed by atoms with Gasteiger partial charge in [0.05, 0.1) is 18.2 Å². The van der Waals surface area contributed by atoms with Crippen molar-refractivity contribution in [3.8, 4) is 0 Å². The molecule has 110 valence electrons. The Morgan fingerprint density at radius 1 is 1.40 bits per heavy atom. The van der Waals surface area contributed by atoms with E-state index in [2.05, 4.69) is 5.10 Å². The zero-order valence-corrected chi connectivity index (χ0v) is 12.3. The van der Waals surface area contributed by atoms with E-state index in [0.29, 0.717) is 38.2 Å². The van der Waals surface area contributed by atoms with Gasteiger partial charge < -0.3 is 9.64 Å². The van der Waals surface area contributed by atoms with Gasteiger partial charge in [0, 0.05) is 20.1 Å². The maximum absolute atomic E-state index is 12.4. The highest BCUT2D eigenvalue weighted by Gasteiger charge is 2.29. The Hall–Kier alpha value is -1.85. The van der Waals surface area contributed by atoms with E-state index in [-0.39, 0.29) is 17.8 Å². The van der Waals surface area contributed by atoms with Crippen LogP contribution in [0, 0.1) is 12.8 Å². The van der Waals surface area contributed by atoms with Gasteiger partial charge >= 0.3 is 5.97 Å². The minimum absolute atomic E-state index is 0.0181. The van der Waals surface area contributed by atoms with Crippen molar-refractivity contribution < 1.29 is 14.3 Å². The predicted molar refractivity (Wildman–Crippen MR) is 73.2 cm³/mol. The third-order valence-corrected chi connectivity index (χ3v) is 3.62. The number of rotatable bonds is 3. The smallest absolute Gasteiger partial charge is 0.309 e. The summed E-state index contributed by atoms with van der Waals surface area (Å²) in [6.07, 6.45) is 1.34. The normalized spacial score (nSPS) is 16.2. The Balaban J connectivity index is 1.95. The number of nitrogens with zero attached hydrogens (tertiary/aromatic N) is 3. The highest BCUT2D eigenvalue weighted by molar-refractivity contribution is 5.92. The van der Waals surface area contributed by atoms with E-state index in [4.69, 9.17) is 4.74 Å². The first kappa shape index (κ1) is 14.6. The third kappa shape index (κ3) is 3.00. The topological polar surface area (TPSA) is 64.4 Å². The van der Waals surface area contributed by atoms with Gasteiger partial charge in [0.1, 0.15) is 5.69 Å². The lowest BCUT2D eigenvalue weighted by molar-refractivity contribution is -0.149. The molecule has 1 amide bonds. The van der Waals surface area contributed by atoms with Crippen LogP contribution in [0.25, 0.3) is 0 Å². The number of hydrogen-bond donors (Lipinski definition) is 0. The van der Waals surface area contributed by atoms with E-state index >= 15 is 0 Å². The van der Waals surface area contributed by atoms with Gasteiger partial charge in [-0.1, -0.05) is 0 Å². The molecular formula is C14H21N3O3. The van der Waals surface area contributed by atoms with E-state index in [9.17, 15) is 9.59 Å². The van der Waals surface area contributed by atoms with Gasteiger partial charge in [-0.2, -0.15) is 5.10 Å². The Kier molecular flexibility index (Phi) is 4.42. The molecule has 0 bridgehead atoms. The number of carbonyl (C=O) groups excluding carboxylic acids is 2. The fraction of sp³-hybridized carbons (Fsp3) is 0.643. The summed E-state index contributed by atoms with van der Waals surface area (Å²) in [4.78, 5) is 25.8. The second-order valence-electron chi connectivity index (χ2n) is 5.11. The Morgan fingerprint density at radius 2 is 2.05 bits per heavy atom. The molecule has 2 rings (SSSR count). The van der Waals surface area contributed by atoms with Gasteiger partial charge in [0.25, 0.3) is 5.91 Å². The lowest BCUT2D eigenvalue weighted by atomic mass is 9.97. The number of esters is 1. The molecule has 2 heterocycles. The van der Waals surface area contributed by atoms with Crippen LogP contribution in [-0.4, -0.2) is 46.3 Å². The number of hydrogen-bond acceptors (Lipinski definition) is 4. The van der Waals surface area contributed by atoms with Crippen molar-refractivity contribution in [2.24, 2.45) is 13.0 Å². The van der Waals surface area contributed by atoms with Gasteiger partial charge in [-0.05, 0) is 32.8 Å². The summed E-state index contributed by atoms with van der Waals surface area (Å²) < 4.78 is 6.63. The number of amides is 1. The first-order chi connectivity index (χ1) is 9.52. The Bertz CT molecular complexity index is 502. The Morgan fingerprint density at radius 3 is 2.55 bits per heavy atom. The molecule has 0 spiro atoms. The number of piperidine rings is 1. The third-order valence-electron chi connectivity index (χ3n) is 3.62. The van der Waals surface area contributed by atoms with Crippen LogP contribution in [0.15, 0.2) is 6.07 Å². The number of carbonyl (C=O) groups is 2. The minimum Gasteiger partial charge on any atom is -0.466 e. The van der Waals surface area contributed by atoms with Crippen molar-refractivity contribution in [2.75, 3.05) is 19.7 Å². The van der Waals surface area contributed by atoms with Crippen LogP contribution >= 0.6 is 0 Å². The molecule has 6 heteroatoms. The lowest BCUT2D eigenvalue weighted by Gasteiger charge is -2.30. The summed E-state index contributed by atoms with van der Waals surface area (Å²) >= 11 is 0. The monoisotopic (exact) mass is 279 g/mol. The molecular weight excluding hydrogens is 258 g/mol. The number of aryl methyl sites for hydroxylation is 2. The van der Waals surface area contributed by atoms with E-state index in [1.165, 1.54) is 0 Å². The highest BCUT2D eigenvalue weighted by Crippen LogP contribution is 2.20. The summed E-state index contributed by atoms with van der Waals surface area (Å²) in [6, 6.07) is 1.79. The van der Waals surface area contributed by atoms with E-state index in [0.717, 1.165) is 5.69 Å². The number of likely N-dealkylation sites (tertiary alicyclic amines) is 1. The molecule has 1 aliphatic heterocycles. The molecule has 6 nitrogen and oxygen atoms in total. The zero-order chi connectivity index (χ0) is 14.7. The second kappa shape index (κ2) is 6.07. The molecule has 1 aliphatic rings. The summed E-state index contributed by atoms with van der Waals surface area (Å²) in [5.74, 6) is -0.237. The second-order valence-corrected chi connectivity index (χ2v) is 5.11. The molecule has 1 fully saturated rings. The fourth-order valence-electron chi connectivity index (χ4n) is 2.55. The molecule has 0 N–H and O–H groups in total. The molecule has 20 heavy (non-hydrogen) atoms. The van der Waals surface area contributed by atoms with Crippen molar-refractivity contribution in [2.45, 2.75) is 26.7 Å². The molecule has 0 atom stereocenters. The molecule has 0 aliphatic carbocycles. The van der Waals surface area contributed by atoms with Gasteiger partial charge in [-0.15, -0.1) is 0 Å². The van der Waals surface area contributed by atoms with Crippen LogP contribution in [0.4, 0.5) is 0 Å². The fourth-order valence-corrected chi connectivity index (χ4v) is 2.55. The first-order valence-electron chi connectivity index (χ1n) is 6.99. The van der Waals surface area contributed by atoms with E-state index in [1.54, 1.807) is 29.6 Å². The summed E-state index contributed by atoms with van der Waals surface area (Å²) in [6.45, 7) is 5.26. The van der Waals surface area contributed by atoms with E-state index < -0.39 is 0 Å². The van der Waals surface area contributed by atoms with Crippen molar-refractivity contribution in [1.82, 2.24) is 14.7 Å². The summed E-state index contributed by atoms with van der Waals surface area (Å²) in [7, 11) is 1.77. The maximum atomic E-state index is 12.4. The Labute approximate surface area is 118 Å². The minimum atomic E-state index is -0.143. The largest absolute Gasteiger partial charge is 0.466 e. The van der Waals surface area contributed by atoms with Crippen LogP contribution in [0.3, 0.4) is 0 Å². The van der Waals surface area contributed by atoms with Crippen LogP contribution < -0.4 is 0 Å². The zero-order valence-electron chi connectivity index (χ0n) is 12.3. The molecule has 0 aromatic carbocycles. The highest BCUT2D eigenvalue weighted by atomic mass is 16.5. The summed E-state index contributed by atoms with van der Waals surface area (Å²) in [5.41, 5.74) is 1.43. The van der Waals surface area contributed by atoms with Gasteiger partial charge in [0.2, 0.25) is 0 Å². The molecule has 0 radical (unpaired) electrons. The van der Waals surface area contributed by atoms with Gasteiger partial charge in [-0.3, -0.25) is 14.3 Å². The van der Waals surface area contributed by atoms with Gasteiger partial charge in [0.15, 0.2) is 0 Å². The number of ether oxygens (including phenoxy) is 1. The molecule has 1 aromatic heterocycles. The maximum Gasteiger partial charge on any atom is 0.309 e. The first-order valence-corrected chi connectivity index (χ1v) is 6.99. The molecule has 0 unspecified atom stereocenters. The lowest BCUT2D eigenvalue weighted by Crippen LogP contribution is -2.41. The SMILES string of the molecule is CCOC(=O)C1CCN(C(=O)c2cc(C)nn2C)CC1. The van der Waals surface area contributed by atoms with Crippen molar-refractivity contribution >= 4 is 11.9 Å². The number of aromatic nitrogens is 2. The summed E-state index contributed by atoms with van der Waals surface area (Å²) in [5, 5.41) is 4.19. The average molecular weight is 279 g/mol. The van der Waals surface area contributed by atoms with Crippen molar-refractivity contribution in [3.63, 3.8) is 0 Å². The predicted octanol–water partition coefficient (Wildman–Crippen LogP) is 1.14. The van der Waals surface area contributed by atoms with E-state index in [1.807, 2.05) is 6.92 Å². The quantitative estimate of drug-likeness (QED) is 0.778. The van der Waals surface area contributed by atoms with Gasteiger partial charge in [-0.25, -0.2) is 0 Å². The average Bonchev–Trinajstić information content (AvgIpc) is 2.77. The van der Waals surface area contributed by atoms with Crippen LogP contribution in [0.5, 0.6) is 0 Å². The molecule has 1 aromatic rings. The molecule has 1 saturated heterocycles. The van der Waals surface area contributed by atoms with Crippen molar-refractivity contribution in [1.29, 1.82) is 0 Å². The van der Waals surface area contributed by atoms with Crippen LogP contribution in [-0.2, 0) is 16.6 Å². The van der Waals surface area contributed by atoms with Crippen molar-refractivity contribution in [3.05, 3.63) is 17.5 Å². The van der Waals surface area contributed by atoms with Crippen LogP contribution in [0.1, 0.15) is 35.9 Å². The van der Waals surface area contributed by atoms with Crippen LogP contribution in [0.2, 0.25) is 0 Å².